The van der Waals surface area contributed by atoms with Gasteiger partial charge in [0.15, 0.2) is 0 Å². The molecule has 2 heterocycles. The number of hydrogen-bond acceptors (Lipinski definition) is 5. The summed E-state index contributed by atoms with van der Waals surface area (Å²) in [7, 11) is 0. The molecular weight excluding hydrogens is 314 g/mol. The zero-order valence-electron chi connectivity index (χ0n) is 9.95. The van der Waals surface area contributed by atoms with E-state index in [-0.39, 0.29) is 6.61 Å². The average molecular weight is 328 g/mol. The first-order valence-electron chi connectivity index (χ1n) is 5.95. The molecule has 1 aliphatic heterocycles. The zero-order valence-corrected chi connectivity index (χ0v) is 11.5. The van der Waals surface area contributed by atoms with E-state index in [1.54, 1.807) is 0 Å². The molecule has 0 unspecified atom stereocenters. The first-order chi connectivity index (χ1) is 9.06. The van der Waals surface area contributed by atoms with Crippen LogP contribution in [0.4, 0.5) is 0 Å². The third-order valence-electron chi connectivity index (χ3n) is 3.30. The van der Waals surface area contributed by atoms with Crippen molar-refractivity contribution in [3.8, 4) is 0 Å². The maximum absolute atomic E-state index is 10.0. The van der Waals surface area contributed by atoms with Crippen LogP contribution < -0.4 is 5.73 Å². The summed E-state index contributed by atoms with van der Waals surface area (Å²) in [5, 5.41) is 19.8. The van der Waals surface area contributed by atoms with Gasteiger partial charge in [-0.3, -0.25) is 0 Å². The van der Waals surface area contributed by atoms with Gasteiger partial charge in [-0.1, -0.05) is 15.9 Å². The van der Waals surface area contributed by atoms with Crippen molar-refractivity contribution in [2.45, 2.75) is 24.4 Å². The normalized spacial score (nSPS) is 31.8. The van der Waals surface area contributed by atoms with Crippen LogP contribution >= 0.6 is 15.9 Å². The van der Waals surface area contributed by atoms with Gasteiger partial charge in [-0.2, -0.15) is 0 Å². The monoisotopic (exact) mass is 327 g/mol. The SMILES string of the molecule is N[C@H]1CO[C@H](c2nc3ccc(Br)cc3[nH]2)[C@H](O)[C@@H]1O. The molecule has 0 amide bonds. The van der Waals surface area contributed by atoms with E-state index in [1.165, 1.54) is 0 Å². The third kappa shape index (κ3) is 2.28. The number of nitrogens with two attached hydrogens (primary N) is 1. The van der Waals surface area contributed by atoms with Gasteiger partial charge in [0, 0.05) is 4.47 Å². The lowest BCUT2D eigenvalue weighted by molar-refractivity contribution is -0.148. The van der Waals surface area contributed by atoms with Crippen molar-refractivity contribution in [2.24, 2.45) is 5.73 Å². The fourth-order valence-electron chi connectivity index (χ4n) is 2.22. The van der Waals surface area contributed by atoms with Crippen LogP contribution in [0.15, 0.2) is 22.7 Å². The van der Waals surface area contributed by atoms with E-state index in [4.69, 9.17) is 10.5 Å². The van der Waals surface area contributed by atoms with Crippen molar-refractivity contribution in [3.05, 3.63) is 28.5 Å². The number of aliphatic hydroxyl groups excluding tert-OH is 2. The average Bonchev–Trinajstić information content (AvgIpc) is 2.78. The van der Waals surface area contributed by atoms with Gasteiger partial charge in [-0.25, -0.2) is 4.98 Å². The molecule has 1 aliphatic rings. The number of fused-ring (bicyclic) bond motifs is 1. The lowest BCUT2D eigenvalue weighted by Crippen LogP contribution is -2.53. The Morgan fingerprint density at radius 2 is 2.16 bits per heavy atom. The number of benzene rings is 1. The van der Waals surface area contributed by atoms with E-state index in [0.29, 0.717) is 5.82 Å². The molecule has 0 bridgehead atoms. The second-order valence-electron chi connectivity index (χ2n) is 4.68. The number of aromatic nitrogens is 2. The largest absolute Gasteiger partial charge is 0.389 e. The van der Waals surface area contributed by atoms with Gasteiger partial charge in [0.05, 0.1) is 23.7 Å². The van der Waals surface area contributed by atoms with Crippen LogP contribution in [0, 0.1) is 0 Å². The lowest BCUT2D eigenvalue weighted by atomic mass is 9.98. The Morgan fingerprint density at radius 1 is 1.37 bits per heavy atom. The van der Waals surface area contributed by atoms with Crippen molar-refractivity contribution in [3.63, 3.8) is 0 Å². The maximum atomic E-state index is 10.0. The van der Waals surface area contributed by atoms with Crippen molar-refractivity contribution < 1.29 is 14.9 Å². The predicted octanol–water partition coefficient (Wildman–Crippen LogP) is 0.446. The molecule has 102 valence electrons. The fourth-order valence-corrected chi connectivity index (χ4v) is 2.58. The number of nitrogens with zero attached hydrogens (tertiary/aromatic N) is 1. The summed E-state index contributed by atoms with van der Waals surface area (Å²) >= 11 is 3.38. The number of ether oxygens (including phenoxy) is 1. The fraction of sp³-hybridized carbons (Fsp3) is 0.417. The number of hydrogen-bond donors (Lipinski definition) is 4. The van der Waals surface area contributed by atoms with Crippen LogP contribution in [-0.2, 0) is 4.74 Å². The molecular formula is C12H14BrN3O3. The molecule has 6 nitrogen and oxygen atoms in total. The highest BCUT2D eigenvalue weighted by molar-refractivity contribution is 9.10. The van der Waals surface area contributed by atoms with E-state index in [9.17, 15) is 10.2 Å². The van der Waals surface area contributed by atoms with E-state index in [0.717, 1.165) is 15.5 Å². The molecule has 0 spiro atoms. The third-order valence-corrected chi connectivity index (χ3v) is 3.79. The Balaban J connectivity index is 1.95. The first-order valence-corrected chi connectivity index (χ1v) is 6.74. The Bertz CT molecular complexity index is 603. The zero-order chi connectivity index (χ0) is 13.6. The smallest absolute Gasteiger partial charge is 0.143 e. The highest BCUT2D eigenvalue weighted by Crippen LogP contribution is 2.28. The van der Waals surface area contributed by atoms with Crippen LogP contribution in [0.25, 0.3) is 11.0 Å². The van der Waals surface area contributed by atoms with Crippen LogP contribution in [0.2, 0.25) is 0 Å². The molecule has 0 radical (unpaired) electrons. The predicted molar refractivity (Wildman–Crippen MR) is 72.5 cm³/mol. The van der Waals surface area contributed by atoms with E-state index in [1.807, 2.05) is 18.2 Å². The van der Waals surface area contributed by atoms with Gasteiger partial charge in [0.1, 0.15) is 24.1 Å². The number of imidazole rings is 1. The number of rotatable bonds is 1. The van der Waals surface area contributed by atoms with E-state index < -0.39 is 24.4 Å². The topological polar surface area (TPSA) is 104 Å². The summed E-state index contributed by atoms with van der Waals surface area (Å²) in [6.45, 7) is 0.184. The number of aliphatic hydroxyl groups is 2. The molecule has 0 aliphatic carbocycles. The van der Waals surface area contributed by atoms with Gasteiger partial charge in [0.2, 0.25) is 0 Å². The number of halogens is 1. The minimum absolute atomic E-state index is 0.184. The Hall–Kier alpha value is -0.990. The molecule has 19 heavy (non-hydrogen) atoms. The van der Waals surface area contributed by atoms with Crippen LogP contribution in [-0.4, -0.2) is 45.0 Å². The second kappa shape index (κ2) is 4.84. The molecule has 2 aromatic rings. The molecule has 5 N–H and O–H groups in total. The van der Waals surface area contributed by atoms with Crippen LogP contribution in [0.1, 0.15) is 11.9 Å². The maximum Gasteiger partial charge on any atom is 0.143 e. The summed E-state index contributed by atoms with van der Waals surface area (Å²) in [6.07, 6.45) is -2.80. The molecule has 4 atom stereocenters. The summed E-state index contributed by atoms with van der Waals surface area (Å²) in [5.74, 6) is 0.492. The van der Waals surface area contributed by atoms with Gasteiger partial charge >= 0.3 is 0 Å². The molecule has 3 rings (SSSR count). The number of H-pyrrole nitrogens is 1. The molecule has 1 aromatic heterocycles. The van der Waals surface area contributed by atoms with Crippen molar-refractivity contribution in [1.29, 1.82) is 0 Å². The molecule has 7 heteroatoms. The number of aromatic amines is 1. The van der Waals surface area contributed by atoms with Gasteiger partial charge in [-0.15, -0.1) is 0 Å². The van der Waals surface area contributed by atoms with Crippen LogP contribution in [0.5, 0.6) is 0 Å². The highest BCUT2D eigenvalue weighted by atomic mass is 79.9. The molecule has 1 aromatic carbocycles. The second-order valence-corrected chi connectivity index (χ2v) is 5.60. The Labute approximate surface area is 117 Å². The van der Waals surface area contributed by atoms with Gasteiger partial charge in [-0.05, 0) is 18.2 Å². The van der Waals surface area contributed by atoms with E-state index >= 15 is 0 Å². The standard InChI is InChI=1S/C12H14BrN3O3/c13-5-1-2-7-8(3-5)16-12(15-7)11-10(18)9(17)6(14)4-19-11/h1-3,6,9-11,17-18H,4,14H2,(H,15,16)/t6-,9+,10+,11-/m0/s1. The summed E-state index contributed by atoms with van der Waals surface area (Å²) < 4.78 is 6.41. The van der Waals surface area contributed by atoms with Gasteiger partial charge < -0.3 is 25.7 Å². The minimum atomic E-state index is -1.09. The van der Waals surface area contributed by atoms with Crippen molar-refractivity contribution in [1.82, 2.24) is 9.97 Å². The van der Waals surface area contributed by atoms with Gasteiger partial charge in [0.25, 0.3) is 0 Å². The van der Waals surface area contributed by atoms with Crippen molar-refractivity contribution >= 4 is 27.0 Å². The quantitative estimate of drug-likeness (QED) is 0.608. The molecule has 1 saturated heterocycles. The lowest BCUT2D eigenvalue weighted by Gasteiger charge is -2.34. The Kier molecular flexibility index (Phi) is 3.32. The van der Waals surface area contributed by atoms with Crippen LogP contribution in [0.3, 0.4) is 0 Å². The molecule has 0 saturated carbocycles. The minimum Gasteiger partial charge on any atom is -0.389 e. The Morgan fingerprint density at radius 3 is 2.95 bits per heavy atom. The number of nitrogens with one attached hydrogen (secondary N) is 1. The van der Waals surface area contributed by atoms with Crippen molar-refractivity contribution in [2.75, 3.05) is 6.61 Å². The van der Waals surface area contributed by atoms with E-state index in [2.05, 4.69) is 25.9 Å². The summed E-state index contributed by atoms with van der Waals surface area (Å²) in [5.41, 5.74) is 7.25. The highest BCUT2D eigenvalue weighted by Gasteiger charge is 2.38. The summed E-state index contributed by atoms with van der Waals surface area (Å²) in [6, 6.07) is 5.06. The first kappa shape index (κ1) is 13.0. The molecule has 1 fully saturated rings. The summed E-state index contributed by atoms with van der Waals surface area (Å²) in [4.78, 5) is 7.47.